The first-order valence-corrected chi connectivity index (χ1v) is 11.0. The average molecular weight is 449 g/mol. The maximum atomic E-state index is 13.5. The van der Waals surface area contributed by atoms with Gasteiger partial charge in [-0.2, -0.15) is 0 Å². The summed E-state index contributed by atoms with van der Waals surface area (Å²) < 4.78 is 0. The highest BCUT2D eigenvalue weighted by Crippen LogP contribution is 2.39. The summed E-state index contributed by atoms with van der Waals surface area (Å²) in [7, 11) is 0. The van der Waals surface area contributed by atoms with E-state index in [9.17, 15) is 9.59 Å². The lowest BCUT2D eigenvalue weighted by Gasteiger charge is -2.18. The van der Waals surface area contributed by atoms with Crippen LogP contribution in [0.3, 0.4) is 0 Å². The zero-order valence-electron chi connectivity index (χ0n) is 17.4. The zero-order valence-corrected chi connectivity index (χ0v) is 19.0. The smallest absolute Gasteiger partial charge is 0.283 e. The van der Waals surface area contributed by atoms with Crippen LogP contribution in [0.4, 0.5) is 11.4 Å². The van der Waals surface area contributed by atoms with Gasteiger partial charge in [0.15, 0.2) is 0 Å². The number of thioether (sulfide) groups is 1. The number of nitrogens with zero attached hydrogens (tertiary/aromatic N) is 1. The number of aryl methyl sites for hydroxylation is 3. The third kappa shape index (κ3) is 4.24. The van der Waals surface area contributed by atoms with E-state index in [0.29, 0.717) is 15.6 Å². The molecule has 3 aromatic rings. The predicted octanol–water partition coefficient (Wildman–Crippen LogP) is 6.25. The van der Waals surface area contributed by atoms with Crippen LogP contribution < -0.4 is 10.2 Å². The summed E-state index contributed by atoms with van der Waals surface area (Å²) in [5, 5.41) is 3.79. The SMILES string of the molecule is Cc1ccc(NC2=C(Sc3ccccc3)C(=O)N(c3ccc(Cl)cc3C)C2=O)c(C)c1. The number of nitrogens with one attached hydrogen (secondary N) is 1. The Balaban J connectivity index is 1.78. The van der Waals surface area contributed by atoms with Crippen molar-refractivity contribution in [2.24, 2.45) is 0 Å². The lowest BCUT2D eigenvalue weighted by Crippen LogP contribution is -2.33. The van der Waals surface area contributed by atoms with E-state index < -0.39 is 0 Å². The molecule has 4 rings (SSSR count). The summed E-state index contributed by atoms with van der Waals surface area (Å²) >= 11 is 7.37. The number of carbonyl (C=O) groups excluding carboxylic acids is 2. The van der Waals surface area contributed by atoms with E-state index in [1.54, 1.807) is 18.2 Å². The lowest BCUT2D eigenvalue weighted by atomic mass is 10.1. The second-order valence-corrected chi connectivity index (χ2v) is 8.96. The van der Waals surface area contributed by atoms with E-state index in [2.05, 4.69) is 5.32 Å². The van der Waals surface area contributed by atoms with Gasteiger partial charge < -0.3 is 5.32 Å². The van der Waals surface area contributed by atoms with Crippen molar-refractivity contribution in [2.75, 3.05) is 10.2 Å². The highest BCUT2D eigenvalue weighted by molar-refractivity contribution is 8.04. The van der Waals surface area contributed by atoms with Gasteiger partial charge in [-0.15, -0.1) is 0 Å². The molecule has 0 saturated heterocycles. The molecule has 2 amide bonds. The molecule has 3 aromatic carbocycles. The molecule has 0 aromatic heterocycles. The molecule has 31 heavy (non-hydrogen) atoms. The third-order valence-electron chi connectivity index (χ3n) is 5.05. The Morgan fingerprint density at radius 1 is 0.839 bits per heavy atom. The summed E-state index contributed by atoms with van der Waals surface area (Å²) in [5.74, 6) is -0.731. The second-order valence-electron chi connectivity index (χ2n) is 7.44. The monoisotopic (exact) mass is 448 g/mol. The van der Waals surface area contributed by atoms with Crippen molar-refractivity contribution in [3.8, 4) is 0 Å². The van der Waals surface area contributed by atoms with Crippen LogP contribution in [-0.2, 0) is 9.59 Å². The van der Waals surface area contributed by atoms with Gasteiger partial charge in [0, 0.05) is 15.6 Å². The number of halogens is 1. The van der Waals surface area contributed by atoms with Crippen molar-refractivity contribution in [3.05, 3.63) is 99.0 Å². The van der Waals surface area contributed by atoms with Gasteiger partial charge in [0.1, 0.15) is 10.6 Å². The largest absolute Gasteiger partial charge is 0.350 e. The van der Waals surface area contributed by atoms with Crippen LogP contribution in [0, 0.1) is 20.8 Å². The number of hydrogen-bond donors (Lipinski definition) is 1. The van der Waals surface area contributed by atoms with E-state index in [1.807, 2.05) is 69.3 Å². The summed E-state index contributed by atoms with van der Waals surface area (Å²) in [4.78, 5) is 29.4. The molecule has 0 aliphatic carbocycles. The average Bonchev–Trinajstić information content (AvgIpc) is 2.95. The van der Waals surface area contributed by atoms with E-state index in [4.69, 9.17) is 11.6 Å². The van der Waals surface area contributed by atoms with E-state index >= 15 is 0 Å². The molecule has 6 heteroatoms. The van der Waals surface area contributed by atoms with Crippen molar-refractivity contribution >= 4 is 46.6 Å². The molecule has 1 aliphatic rings. The number of hydrogen-bond acceptors (Lipinski definition) is 4. The van der Waals surface area contributed by atoms with Crippen LogP contribution >= 0.6 is 23.4 Å². The molecule has 1 aliphatic heterocycles. The van der Waals surface area contributed by atoms with Crippen LogP contribution in [0.1, 0.15) is 16.7 Å². The van der Waals surface area contributed by atoms with Crippen molar-refractivity contribution in [1.82, 2.24) is 0 Å². The zero-order chi connectivity index (χ0) is 22.1. The summed E-state index contributed by atoms with van der Waals surface area (Å²) in [6.45, 7) is 5.83. The maximum absolute atomic E-state index is 13.5. The fraction of sp³-hybridized carbons (Fsp3) is 0.120. The van der Waals surface area contributed by atoms with Gasteiger partial charge in [0.25, 0.3) is 11.8 Å². The van der Waals surface area contributed by atoms with Crippen LogP contribution in [0.25, 0.3) is 0 Å². The fourth-order valence-electron chi connectivity index (χ4n) is 3.50. The molecule has 4 nitrogen and oxygen atoms in total. The van der Waals surface area contributed by atoms with Gasteiger partial charge in [-0.1, -0.05) is 59.3 Å². The van der Waals surface area contributed by atoms with Crippen molar-refractivity contribution in [3.63, 3.8) is 0 Å². The number of amides is 2. The van der Waals surface area contributed by atoms with E-state index in [-0.39, 0.29) is 17.5 Å². The number of carbonyl (C=O) groups is 2. The van der Waals surface area contributed by atoms with Crippen molar-refractivity contribution in [2.45, 2.75) is 25.7 Å². The Morgan fingerprint density at radius 2 is 1.58 bits per heavy atom. The highest BCUT2D eigenvalue weighted by atomic mass is 35.5. The van der Waals surface area contributed by atoms with Gasteiger partial charge in [0.2, 0.25) is 0 Å². The van der Waals surface area contributed by atoms with Gasteiger partial charge in [-0.3, -0.25) is 9.59 Å². The molecule has 0 radical (unpaired) electrons. The molecule has 1 heterocycles. The normalized spacial score (nSPS) is 13.9. The Labute approximate surface area is 190 Å². The first-order chi connectivity index (χ1) is 14.8. The molecular weight excluding hydrogens is 428 g/mol. The molecule has 0 unspecified atom stereocenters. The van der Waals surface area contributed by atoms with Gasteiger partial charge in [0.05, 0.1) is 5.69 Å². The summed E-state index contributed by atoms with van der Waals surface area (Å²) in [6.07, 6.45) is 0. The molecular formula is C25H21ClN2O2S. The van der Waals surface area contributed by atoms with Gasteiger partial charge >= 0.3 is 0 Å². The number of rotatable bonds is 5. The third-order valence-corrected chi connectivity index (χ3v) is 6.37. The molecule has 0 fully saturated rings. The Bertz CT molecular complexity index is 1220. The minimum atomic E-state index is -0.381. The minimum Gasteiger partial charge on any atom is -0.350 e. The number of anilines is 2. The summed E-state index contributed by atoms with van der Waals surface area (Å²) in [5.41, 5.74) is 4.48. The topological polar surface area (TPSA) is 49.4 Å². The summed E-state index contributed by atoms with van der Waals surface area (Å²) in [6, 6.07) is 20.6. The van der Waals surface area contributed by atoms with Crippen LogP contribution in [-0.4, -0.2) is 11.8 Å². The van der Waals surface area contributed by atoms with Crippen LogP contribution in [0.5, 0.6) is 0 Å². The predicted molar refractivity (Wildman–Crippen MR) is 128 cm³/mol. The first-order valence-electron chi connectivity index (χ1n) is 9.81. The second kappa shape index (κ2) is 8.61. The molecule has 1 N–H and O–H groups in total. The number of imide groups is 1. The van der Waals surface area contributed by atoms with Crippen molar-refractivity contribution in [1.29, 1.82) is 0 Å². The quantitative estimate of drug-likeness (QED) is 0.468. The molecule has 0 spiro atoms. The molecule has 0 saturated carbocycles. The fourth-order valence-corrected chi connectivity index (χ4v) is 4.67. The molecule has 0 atom stereocenters. The standard InChI is InChI=1S/C25H21ClN2O2S/c1-15-9-11-20(16(2)13-15)27-22-23(31-19-7-5-4-6-8-19)25(30)28(24(22)29)21-12-10-18(26)14-17(21)3/h4-14,27H,1-3H3. The van der Waals surface area contributed by atoms with Gasteiger partial charge in [-0.05, 0) is 68.3 Å². The van der Waals surface area contributed by atoms with E-state index in [0.717, 1.165) is 27.3 Å². The Morgan fingerprint density at radius 3 is 2.26 bits per heavy atom. The highest BCUT2D eigenvalue weighted by Gasteiger charge is 2.40. The minimum absolute atomic E-state index is 0.278. The molecule has 156 valence electrons. The Kier molecular flexibility index (Phi) is 5.90. The maximum Gasteiger partial charge on any atom is 0.283 e. The van der Waals surface area contributed by atoms with Crippen molar-refractivity contribution < 1.29 is 9.59 Å². The van der Waals surface area contributed by atoms with Crippen LogP contribution in [0.2, 0.25) is 5.02 Å². The number of benzene rings is 3. The van der Waals surface area contributed by atoms with E-state index in [1.165, 1.54) is 16.7 Å². The van der Waals surface area contributed by atoms with Gasteiger partial charge in [-0.25, -0.2) is 4.90 Å². The van der Waals surface area contributed by atoms with Crippen LogP contribution in [0.15, 0.2) is 82.2 Å². The Hall–Kier alpha value is -3.02. The lowest BCUT2D eigenvalue weighted by molar-refractivity contribution is -0.120. The first kappa shape index (κ1) is 21.2. The molecule has 0 bridgehead atoms.